The van der Waals surface area contributed by atoms with E-state index < -0.39 is 0 Å². The average molecular weight is 457 g/mol. The number of carbonyl (C=O) groups excluding carboxylic acids is 3. The molecule has 2 aromatic carbocycles. The van der Waals surface area contributed by atoms with E-state index in [1.165, 1.54) is 11.3 Å². The molecule has 1 saturated heterocycles. The molecule has 31 heavy (non-hydrogen) atoms. The Morgan fingerprint density at radius 1 is 1.10 bits per heavy atom. The Hall–Kier alpha value is -2.81. The van der Waals surface area contributed by atoms with Crippen LogP contribution in [0.5, 0.6) is 0 Å². The summed E-state index contributed by atoms with van der Waals surface area (Å²) in [4.78, 5) is 47.1. The van der Waals surface area contributed by atoms with Crippen molar-refractivity contribution in [3.63, 3.8) is 0 Å². The molecule has 7 nitrogen and oxygen atoms in total. The second-order valence-corrected chi connectivity index (χ2v) is 8.93. The maximum absolute atomic E-state index is 13.5. The highest BCUT2D eigenvalue weighted by molar-refractivity contribution is 7.22. The maximum Gasteiger partial charge on any atom is 0.260 e. The summed E-state index contributed by atoms with van der Waals surface area (Å²) >= 11 is 7.68. The summed E-state index contributed by atoms with van der Waals surface area (Å²) in [6.07, 6.45) is 0.386. The van der Waals surface area contributed by atoms with Crippen LogP contribution in [-0.2, 0) is 9.59 Å². The van der Waals surface area contributed by atoms with Crippen LogP contribution in [0.15, 0.2) is 42.5 Å². The molecule has 0 unspecified atom stereocenters. The SMILES string of the molecule is CN(C)CCN(C(=O)c1cccc(N2C(=O)CCC2=O)c1)c1nc2c(Cl)cccc2s1. The van der Waals surface area contributed by atoms with Gasteiger partial charge in [-0.05, 0) is 44.4 Å². The van der Waals surface area contributed by atoms with Gasteiger partial charge < -0.3 is 4.90 Å². The van der Waals surface area contributed by atoms with Gasteiger partial charge in [-0.3, -0.25) is 24.2 Å². The Labute approximate surface area is 188 Å². The van der Waals surface area contributed by atoms with E-state index in [1.807, 2.05) is 31.1 Å². The van der Waals surface area contributed by atoms with E-state index >= 15 is 0 Å². The minimum atomic E-state index is -0.252. The molecule has 1 aliphatic rings. The summed E-state index contributed by atoms with van der Waals surface area (Å²) in [5.41, 5.74) is 1.46. The molecule has 1 aromatic heterocycles. The summed E-state index contributed by atoms with van der Waals surface area (Å²) in [6, 6.07) is 12.2. The number of anilines is 2. The van der Waals surface area contributed by atoms with E-state index in [-0.39, 0.29) is 30.6 Å². The van der Waals surface area contributed by atoms with E-state index in [2.05, 4.69) is 4.98 Å². The number of para-hydroxylation sites is 1. The standard InChI is InChI=1S/C22H21ClN4O3S/c1-25(2)11-12-26(22-24-20-16(23)7-4-8-17(20)31-22)21(30)14-5-3-6-15(13-14)27-18(28)9-10-19(27)29/h3-8,13H,9-12H2,1-2H3. The number of aromatic nitrogens is 1. The van der Waals surface area contributed by atoms with Gasteiger partial charge in [0, 0.05) is 31.5 Å². The number of carbonyl (C=O) groups is 3. The molecule has 3 amide bonds. The van der Waals surface area contributed by atoms with Gasteiger partial charge in [0.1, 0.15) is 5.52 Å². The van der Waals surface area contributed by atoms with Crippen molar-refractivity contribution in [1.29, 1.82) is 0 Å². The predicted molar refractivity (Wildman–Crippen MR) is 123 cm³/mol. The van der Waals surface area contributed by atoms with Gasteiger partial charge in [-0.2, -0.15) is 0 Å². The number of amides is 3. The van der Waals surface area contributed by atoms with Crippen LogP contribution in [0.3, 0.4) is 0 Å². The third-order valence-corrected chi connectivity index (χ3v) is 6.36. The number of imide groups is 1. The first kappa shape index (κ1) is 21.4. The van der Waals surface area contributed by atoms with Crippen molar-refractivity contribution in [2.45, 2.75) is 12.8 Å². The molecular weight excluding hydrogens is 436 g/mol. The Bertz CT molecular complexity index is 1160. The van der Waals surface area contributed by atoms with Gasteiger partial charge in [-0.15, -0.1) is 0 Å². The second kappa shape index (κ2) is 8.74. The van der Waals surface area contributed by atoms with Crippen LogP contribution < -0.4 is 9.80 Å². The minimum absolute atomic E-state index is 0.193. The number of fused-ring (bicyclic) bond motifs is 1. The highest BCUT2D eigenvalue weighted by Gasteiger charge is 2.31. The van der Waals surface area contributed by atoms with Gasteiger partial charge in [-0.25, -0.2) is 4.98 Å². The van der Waals surface area contributed by atoms with Crippen LogP contribution in [-0.4, -0.2) is 54.8 Å². The first-order valence-electron chi connectivity index (χ1n) is 9.82. The zero-order chi connectivity index (χ0) is 22.1. The largest absolute Gasteiger partial charge is 0.308 e. The van der Waals surface area contributed by atoms with Gasteiger partial charge in [0.2, 0.25) is 11.8 Å². The van der Waals surface area contributed by atoms with Gasteiger partial charge in [0.05, 0.1) is 15.4 Å². The average Bonchev–Trinajstić information content (AvgIpc) is 3.32. The monoisotopic (exact) mass is 456 g/mol. The number of hydrogen-bond donors (Lipinski definition) is 0. The Balaban J connectivity index is 1.70. The number of likely N-dealkylation sites (N-methyl/N-ethyl adjacent to an activating group) is 1. The highest BCUT2D eigenvalue weighted by atomic mass is 35.5. The molecule has 1 fully saturated rings. The lowest BCUT2D eigenvalue weighted by Crippen LogP contribution is -2.37. The Morgan fingerprint density at radius 3 is 2.48 bits per heavy atom. The topological polar surface area (TPSA) is 73.8 Å². The third-order valence-electron chi connectivity index (χ3n) is 5.01. The fraction of sp³-hybridized carbons (Fsp3) is 0.273. The molecule has 0 saturated carbocycles. The van der Waals surface area contributed by atoms with E-state index in [0.717, 1.165) is 9.60 Å². The van der Waals surface area contributed by atoms with E-state index in [4.69, 9.17) is 11.6 Å². The van der Waals surface area contributed by atoms with Crippen LogP contribution in [0.25, 0.3) is 10.2 Å². The first-order valence-corrected chi connectivity index (χ1v) is 11.0. The molecule has 0 bridgehead atoms. The van der Waals surface area contributed by atoms with Gasteiger partial charge >= 0.3 is 0 Å². The zero-order valence-electron chi connectivity index (χ0n) is 17.2. The lowest BCUT2D eigenvalue weighted by Gasteiger charge is -2.22. The normalized spacial score (nSPS) is 14.1. The van der Waals surface area contributed by atoms with Crippen molar-refractivity contribution in [3.8, 4) is 0 Å². The van der Waals surface area contributed by atoms with E-state index in [1.54, 1.807) is 35.2 Å². The molecule has 3 aromatic rings. The smallest absolute Gasteiger partial charge is 0.260 e. The molecule has 1 aliphatic heterocycles. The van der Waals surface area contributed by atoms with E-state index in [0.29, 0.717) is 40.0 Å². The minimum Gasteiger partial charge on any atom is -0.308 e. The summed E-state index contributed by atoms with van der Waals surface area (Å²) in [5.74, 6) is -0.752. The number of rotatable bonds is 6. The molecule has 0 radical (unpaired) electrons. The lowest BCUT2D eigenvalue weighted by atomic mass is 10.1. The quantitative estimate of drug-likeness (QED) is 0.527. The zero-order valence-corrected chi connectivity index (χ0v) is 18.7. The number of hydrogen-bond acceptors (Lipinski definition) is 6. The van der Waals surface area contributed by atoms with Gasteiger partial charge in [0.25, 0.3) is 5.91 Å². The first-order chi connectivity index (χ1) is 14.8. The molecule has 160 valence electrons. The number of benzene rings is 2. The molecule has 2 heterocycles. The maximum atomic E-state index is 13.5. The Morgan fingerprint density at radius 2 is 1.81 bits per heavy atom. The predicted octanol–water partition coefficient (Wildman–Crippen LogP) is 3.81. The third kappa shape index (κ3) is 4.32. The summed E-state index contributed by atoms with van der Waals surface area (Å²) < 4.78 is 0.896. The molecule has 0 spiro atoms. The van der Waals surface area contributed by atoms with Crippen LogP contribution in [0.2, 0.25) is 5.02 Å². The summed E-state index contributed by atoms with van der Waals surface area (Å²) in [6.45, 7) is 1.06. The van der Waals surface area contributed by atoms with E-state index in [9.17, 15) is 14.4 Å². The number of halogens is 1. The molecule has 9 heteroatoms. The van der Waals surface area contributed by atoms with Crippen molar-refractivity contribution in [2.75, 3.05) is 37.0 Å². The van der Waals surface area contributed by atoms with Gasteiger partial charge in [0.15, 0.2) is 5.13 Å². The second-order valence-electron chi connectivity index (χ2n) is 7.52. The van der Waals surface area contributed by atoms with Crippen molar-refractivity contribution in [3.05, 3.63) is 53.1 Å². The number of thiazole rings is 1. The molecule has 0 N–H and O–H groups in total. The fourth-order valence-corrected chi connectivity index (χ4v) is 4.69. The fourth-order valence-electron chi connectivity index (χ4n) is 3.40. The molecule has 4 rings (SSSR count). The molecule has 0 aliphatic carbocycles. The van der Waals surface area contributed by atoms with Crippen molar-refractivity contribution < 1.29 is 14.4 Å². The van der Waals surface area contributed by atoms with Crippen LogP contribution in [0.1, 0.15) is 23.2 Å². The van der Waals surface area contributed by atoms with Crippen LogP contribution >= 0.6 is 22.9 Å². The van der Waals surface area contributed by atoms with Crippen molar-refractivity contribution in [2.24, 2.45) is 0 Å². The number of nitrogens with zero attached hydrogens (tertiary/aromatic N) is 4. The Kier molecular flexibility index (Phi) is 6.04. The van der Waals surface area contributed by atoms with Crippen molar-refractivity contribution in [1.82, 2.24) is 9.88 Å². The van der Waals surface area contributed by atoms with Crippen LogP contribution in [0, 0.1) is 0 Å². The van der Waals surface area contributed by atoms with Gasteiger partial charge in [-0.1, -0.05) is 35.1 Å². The summed E-state index contributed by atoms with van der Waals surface area (Å²) in [7, 11) is 3.87. The summed E-state index contributed by atoms with van der Waals surface area (Å²) in [5, 5.41) is 1.08. The molecule has 0 atom stereocenters. The molecular formula is C22H21ClN4O3S. The van der Waals surface area contributed by atoms with Crippen LogP contribution in [0.4, 0.5) is 10.8 Å². The van der Waals surface area contributed by atoms with Crippen molar-refractivity contribution >= 4 is 61.7 Å². The highest BCUT2D eigenvalue weighted by Crippen LogP contribution is 2.33. The lowest BCUT2D eigenvalue weighted by molar-refractivity contribution is -0.121.